The highest BCUT2D eigenvalue weighted by Gasteiger charge is 2.33. The van der Waals surface area contributed by atoms with E-state index in [1.165, 1.54) is 37.3 Å². The highest BCUT2D eigenvalue weighted by atomic mass is 32.2. The van der Waals surface area contributed by atoms with Crippen molar-refractivity contribution in [3.05, 3.63) is 88.4 Å². The van der Waals surface area contributed by atoms with Crippen LogP contribution in [0.2, 0.25) is 0 Å². The number of halogens is 4. The Hall–Kier alpha value is -3.82. The fraction of sp³-hybridized carbons (Fsp3) is 0.240. The van der Waals surface area contributed by atoms with Crippen LogP contribution in [0.15, 0.2) is 54.6 Å². The number of carbonyl (C=O) groups is 1. The monoisotopic (exact) mass is 534 g/mol. The molecular weight excluding hydrogens is 512 g/mol. The van der Waals surface area contributed by atoms with Crippen molar-refractivity contribution in [2.45, 2.75) is 32.1 Å². The van der Waals surface area contributed by atoms with Crippen LogP contribution in [-0.4, -0.2) is 25.6 Å². The van der Waals surface area contributed by atoms with E-state index in [4.69, 9.17) is 0 Å². The molecular formula is C25H22F4N4O3S. The molecule has 12 heteroatoms. The smallest absolute Gasteiger partial charge is 0.351 e. The molecule has 1 aromatic heterocycles. The van der Waals surface area contributed by atoms with Crippen molar-refractivity contribution in [1.29, 1.82) is 5.26 Å². The van der Waals surface area contributed by atoms with Crippen molar-refractivity contribution in [3.8, 4) is 17.3 Å². The molecule has 0 bridgehead atoms. The zero-order chi connectivity index (χ0) is 27.4. The van der Waals surface area contributed by atoms with Crippen LogP contribution in [0.25, 0.3) is 11.3 Å². The lowest BCUT2D eigenvalue weighted by Gasteiger charge is -2.17. The highest BCUT2D eigenvalue weighted by molar-refractivity contribution is 7.88. The molecule has 0 aliphatic heterocycles. The first kappa shape index (κ1) is 27.8. The van der Waals surface area contributed by atoms with Gasteiger partial charge in [-0.1, -0.05) is 36.4 Å². The van der Waals surface area contributed by atoms with Gasteiger partial charge >= 0.3 is 6.18 Å². The summed E-state index contributed by atoms with van der Waals surface area (Å²) in [5.41, 5.74) is -0.250. The van der Waals surface area contributed by atoms with Crippen LogP contribution in [0.4, 0.5) is 17.6 Å². The molecule has 3 rings (SSSR count). The Morgan fingerprint density at radius 2 is 1.76 bits per heavy atom. The Morgan fingerprint density at radius 3 is 2.38 bits per heavy atom. The number of amides is 1. The average molecular weight is 535 g/mol. The highest BCUT2D eigenvalue weighted by Crippen LogP contribution is 2.32. The first-order valence-corrected chi connectivity index (χ1v) is 12.8. The standard InChI is InChI=1S/C25H22F4N4O3S/c1-15(16-7-8-18(21(26)11-16)14-32-37(2,35)36)24(34)31-13-19-9-10-22(25(27,28)29)33-23(19)20-6-4-3-5-17(20)12-30/h3-11,15,32H,13-14H2,1-2H3,(H,31,34). The Bertz CT molecular complexity index is 1470. The lowest BCUT2D eigenvalue weighted by molar-refractivity contribution is -0.141. The van der Waals surface area contributed by atoms with Crippen LogP contribution in [0, 0.1) is 17.1 Å². The lowest BCUT2D eigenvalue weighted by atomic mass is 9.97. The van der Waals surface area contributed by atoms with E-state index in [1.54, 1.807) is 12.1 Å². The molecule has 2 N–H and O–H groups in total. The van der Waals surface area contributed by atoms with Crippen LogP contribution >= 0.6 is 0 Å². The van der Waals surface area contributed by atoms with E-state index >= 15 is 0 Å². The van der Waals surface area contributed by atoms with Gasteiger partial charge in [-0.05, 0) is 36.2 Å². The van der Waals surface area contributed by atoms with Crippen molar-refractivity contribution in [1.82, 2.24) is 15.0 Å². The summed E-state index contributed by atoms with van der Waals surface area (Å²) in [5.74, 6) is -2.06. The van der Waals surface area contributed by atoms with Gasteiger partial charge in [0.05, 0.1) is 29.5 Å². The van der Waals surface area contributed by atoms with Crippen LogP contribution in [0.5, 0.6) is 0 Å². The van der Waals surface area contributed by atoms with Crippen LogP contribution in [0.1, 0.15) is 40.8 Å². The van der Waals surface area contributed by atoms with Crippen molar-refractivity contribution >= 4 is 15.9 Å². The van der Waals surface area contributed by atoms with Crippen LogP contribution in [-0.2, 0) is 34.1 Å². The summed E-state index contributed by atoms with van der Waals surface area (Å²) < 4.78 is 79.0. The maximum absolute atomic E-state index is 14.5. The zero-order valence-corrected chi connectivity index (χ0v) is 20.5. The summed E-state index contributed by atoms with van der Waals surface area (Å²) in [4.78, 5) is 16.5. The summed E-state index contributed by atoms with van der Waals surface area (Å²) in [6, 6.07) is 13.9. The molecule has 0 fully saturated rings. The minimum absolute atomic E-state index is 0.0892. The molecule has 37 heavy (non-hydrogen) atoms. The molecule has 1 heterocycles. The Kier molecular flexibility index (Phi) is 8.30. The number of hydrogen-bond donors (Lipinski definition) is 2. The van der Waals surface area contributed by atoms with E-state index in [2.05, 4.69) is 15.0 Å². The maximum Gasteiger partial charge on any atom is 0.433 e. The summed E-state index contributed by atoms with van der Waals surface area (Å²) in [5, 5.41) is 12.0. The number of nitriles is 1. The molecule has 0 radical (unpaired) electrons. The van der Waals surface area contributed by atoms with E-state index in [1.807, 2.05) is 6.07 Å². The van der Waals surface area contributed by atoms with Gasteiger partial charge in [0.15, 0.2) is 0 Å². The topological polar surface area (TPSA) is 112 Å². The molecule has 1 unspecified atom stereocenters. The number of hydrogen-bond acceptors (Lipinski definition) is 5. The van der Waals surface area contributed by atoms with E-state index in [9.17, 15) is 36.0 Å². The summed E-state index contributed by atoms with van der Waals surface area (Å²) in [6.07, 6.45) is -3.76. The van der Waals surface area contributed by atoms with Crippen LogP contribution < -0.4 is 10.0 Å². The lowest BCUT2D eigenvalue weighted by Crippen LogP contribution is -2.28. The summed E-state index contributed by atoms with van der Waals surface area (Å²) >= 11 is 0. The Morgan fingerprint density at radius 1 is 1.08 bits per heavy atom. The molecule has 194 valence electrons. The Labute approximate surface area is 211 Å². The minimum Gasteiger partial charge on any atom is -0.351 e. The van der Waals surface area contributed by atoms with Crippen molar-refractivity contribution in [2.75, 3.05) is 6.26 Å². The molecule has 1 amide bonds. The number of sulfonamides is 1. The number of aromatic nitrogens is 1. The van der Waals surface area contributed by atoms with Gasteiger partial charge in [0.1, 0.15) is 11.5 Å². The third-order valence-electron chi connectivity index (χ3n) is 5.52. The quantitative estimate of drug-likeness (QED) is 0.420. The SMILES string of the molecule is CC(C(=O)NCc1ccc(C(F)(F)F)nc1-c1ccccc1C#N)c1ccc(CNS(C)(=O)=O)c(F)c1. The Balaban J connectivity index is 1.82. The molecule has 2 aromatic carbocycles. The molecule has 3 aromatic rings. The zero-order valence-electron chi connectivity index (χ0n) is 19.7. The van der Waals surface area contributed by atoms with Gasteiger partial charge < -0.3 is 5.32 Å². The third kappa shape index (κ3) is 7.12. The normalized spacial score (nSPS) is 12.6. The first-order valence-electron chi connectivity index (χ1n) is 10.9. The van der Waals surface area contributed by atoms with Gasteiger partial charge in [-0.25, -0.2) is 22.5 Å². The predicted molar refractivity (Wildman–Crippen MR) is 128 cm³/mol. The summed E-state index contributed by atoms with van der Waals surface area (Å²) in [7, 11) is -3.52. The van der Waals surface area contributed by atoms with Gasteiger partial charge in [-0.2, -0.15) is 18.4 Å². The molecule has 0 spiro atoms. The number of carbonyl (C=O) groups excluding carboxylic acids is 1. The second-order valence-corrected chi connectivity index (χ2v) is 10.1. The molecule has 1 atom stereocenters. The van der Waals surface area contributed by atoms with Gasteiger partial charge in [0, 0.05) is 24.2 Å². The molecule has 0 saturated heterocycles. The molecule has 0 aliphatic rings. The third-order valence-corrected chi connectivity index (χ3v) is 6.19. The van der Waals surface area contributed by atoms with Gasteiger partial charge in [0.2, 0.25) is 15.9 Å². The number of benzene rings is 2. The van der Waals surface area contributed by atoms with Crippen LogP contribution in [0.3, 0.4) is 0 Å². The number of rotatable bonds is 8. The molecule has 0 aliphatic carbocycles. The van der Waals surface area contributed by atoms with E-state index in [0.717, 1.165) is 18.4 Å². The second-order valence-electron chi connectivity index (χ2n) is 8.24. The van der Waals surface area contributed by atoms with Gasteiger partial charge in [-0.3, -0.25) is 4.79 Å². The summed E-state index contributed by atoms with van der Waals surface area (Å²) in [6.45, 7) is 1.08. The van der Waals surface area contributed by atoms with Crippen molar-refractivity contribution < 1.29 is 30.8 Å². The molecule has 7 nitrogen and oxygen atoms in total. The predicted octanol–water partition coefficient (Wildman–Crippen LogP) is 4.25. The van der Waals surface area contributed by atoms with Crippen molar-refractivity contribution in [3.63, 3.8) is 0 Å². The van der Waals surface area contributed by atoms with Gasteiger partial charge in [0.25, 0.3) is 0 Å². The maximum atomic E-state index is 14.5. The minimum atomic E-state index is -4.71. The number of nitrogens with one attached hydrogen (secondary N) is 2. The number of alkyl halides is 3. The van der Waals surface area contributed by atoms with E-state index < -0.39 is 39.5 Å². The number of pyridine rings is 1. The van der Waals surface area contributed by atoms with E-state index in [-0.39, 0.29) is 41.0 Å². The van der Waals surface area contributed by atoms with Crippen molar-refractivity contribution in [2.24, 2.45) is 0 Å². The fourth-order valence-electron chi connectivity index (χ4n) is 3.48. The fourth-order valence-corrected chi connectivity index (χ4v) is 3.90. The van der Waals surface area contributed by atoms with Gasteiger partial charge in [-0.15, -0.1) is 0 Å². The van der Waals surface area contributed by atoms with E-state index in [0.29, 0.717) is 5.56 Å². The first-order chi connectivity index (χ1) is 17.3. The average Bonchev–Trinajstić information content (AvgIpc) is 2.84. The second kappa shape index (κ2) is 11.1. The largest absolute Gasteiger partial charge is 0.433 e. The molecule has 0 saturated carbocycles. The number of nitrogens with zero attached hydrogens (tertiary/aromatic N) is 2.